The molecule has 0 spiro atoms. The zero-order chi connectivity index (χ0) is 22.6. The number of nitrogens with zero attached hydrogens (tertiary/aromatic N) is 5. The molecule has 0 amide bonds. The molecule has 2 aliphatic heterocycles. The van der Waals surface area contributed by atoms with Gasteiger partial charge in [-0.15, -0.1) is 23.2 Å². The summed E-state index contributed by atoms with van der Waals surface area (Å²) in [7, 11) is 0. The van der Waals surface area contributed by atoms with Crippen LogP contribution in [0.1, 0.15) is 6.92 Å². The van der Waals surface area contributed by atoms with Crippen LogP contribution in [0.25, 0.3) is 11.3 Å². The second-order valence-corrected chi connectivity index (χ2v) is 9.76. The van der Waals surface area contributed by atoms with Gasteiger partial charge in [0.15, 0.2) is 11.6 Å². The zero-order valence-corrected chi connectivity index (χ0v) is 18.7. The van der Waals surface area contributed by atoms with Crippen molar-refractivity contribution in [2.24, 2.45) is 11.8 Å². The lowest BCUT2D eigenvalue weighted by Gasteiger charge is -2.33. The molecule has 3 atom stereocenters. The lowest BCUT2D eigenvalue weighted by Crippen LogP contribution is -2.41. The van der Waals surface area contributed by atoms with Gasteiger partial charge in [-0.3, -0.25) is 0 Å². The molecule has 172 valence electrons. The highest BCUT2D eigenvalue weighted by molar-refractivity contribution is 6.51. The van der Waals surface area contributed by atoms with Gasteiger partial charge < -0.3 is 25.0 Å². The van der Waals surface area contributed by atoms with Crippen LogP contribution >= 0.6 is 23.2 Å². The number of halogens is 4. The third-order valence-electron chi connectivity index (χ3n) is 6.14. The van der Waals surface area contributed by atoms with Crippen molar-refractivity contribution in [3.05, 3.63) is 18.3 Å². The summed E-state index contributed by atoms with van der Waals surface area (Å²) in [5, 5.41) is 0. The molecule has 5 rings (SSSR count). The predicted molar refractivity (Wildman–Crippen MR) is 118 cm³/mol. The van der Waals surface area contributed by atoms with E-state index in [2.05, 4.69) is 19.5 Å². The number of hydrogen-bond acceptors (Lipinski definition) is 8. The Kier molecular flexibility index (Phi) is 5.42. The van der Waals surface area contributed by atoms with Gasteiger partial charge in [0.05, 0.1) is 18.4 Å². The standard InChI is InChI=1S/C20H22Cl2F2N6O2/c1-10-7-29(2-3-31-10)16-5-14(11-4-15(32-18(23)24)17(25)26-6-11)27-19(28-16)30-8-12-13(9-30)20(12,21)22/h4-6,10,12-13,18H,2-3,7-9H2,1H3,(H2,25,26)/t10-,12?,13?/m0/s1. The average Bonchev–Trinajstić information content (AvgIpc) is 3.08. The molecule has 0 radical (unpaired) electrons. The highest BCUT2D eigenvalue weighted by atomic mass is 35.5. The van der Waals surface area contributed by atoms with Crippen LogP contribution in [0.2, 0.25) is 0 Å². The monoisotopic (exact) mass is 486 g/mol. The number of morpholine rings is 1. The molecule has 4 heterocycles. The van der Waals surface area contributed by atoms with Crippen molar-refractivity contribution in [2.75, 3.05) is 48.3 Å². The summed E-state index contributed by atoms with van der Waals surface area (Å²) in [6.07, 6.45) is 1.54. The van der Waals surface area contributed by atoms with Gasteiger partial charge >= 0.3 is 6.61 Å². The van der Waals surface area contributed by atoms with Crippen LogP contribution in [0.15, 0.2) is 18.3 Å². The summed E-state index contributed by atoms with van der Waals surface area (Å²) in [4.78, 5) is 17.7. The van der Waals surface area contributed by atoms with E-state index < -0.39 is 10.9 Å². The van der Waals surface area contributed by atoms with Gasteiger partial charge in [-0.1, -0.05) is 0 Å². The fourth-order valence-electron chi connectivity index (χ4n) is 4.36. The molecule has 3 fully saturated rings. The lowest BCUT2D eigenvalue weighted by molar-refractivity contribution is -0.0494. The van der Waals surface area contributed by atoms with Gasteiger partial charge in [0.25, 0.3) is 0 Å². The maximum atomic E-state index is 12.8. The van der Waals surface area contributed by atoms with E-state index in [1.165, 1.54) is 12.3 Å². The second kappa shape index (κ2) is 8.00. The Bertz CT molecular complexity index is 1020. The molecule has 2 saturated heterocycles. The minimum Gasteiger partial charge on any atom is -0.431 e. The second-order valence-electron chi connectivity index (χ2n) is 8.32. The van der Waals surface area contributed by atoms with Gasteiger partial charge in [-0.05, 0) is 13.0 Å². The highest BCUT2D eigenvalue weighted by Crippen LogP contribution is 2.62. The van der Waals surface area contributed by atoms with Crippen LogP contribution < -0.4 is 20.3 Å². The molecule has 2 aromatic heterocycles. The number of aromatic nitrogens is 3. The molecule has 1 saturated carbocycles. The van der Waals surface area contributed by atoms with Crippen molar-refractivity contribution in [1.29, 1.82) is 0 Å². The van der Waals surface area contributed by atoms with Crippen molar-refractivity contribution in [2.45, 2.75) is 24.0 Å². The number of ether oxygens (including phenoxy) is 2. The Balaban J connectivity index is 1.51. The topological polar surface area (TPSA) is 89.6 Å². The van der Waals surface area contributed by atoms with Crippen molar-refractivity contribution < 1.29 is 18.3 Å². The normalized spacial score (nSPS) is 26.4. The molecule has 2 N–H and O–H groups in total. The first-order valence-corrected chi connectivity index (χ1v) is 11.1. The molecule has 0 aromatic carbocycles. The summed E-state index contributed by atoms with van der Waals surface area (Å²) >= 11 is 12.6. The summed E-state index contributed by atoms with van der Waals surface area (Å²) in [6.45, 7) is 2.23. The summed E-state index contributed by atoms with van der Waals surface area (Å²) < 4.78 is 35.0. The fourth-order valence-corrected chi connectivity index (χ4v) is 5.11. The Labute approximate surface area is 193 Å². The number of alkyl halides is 4. The van der Waals surface area contributed by atoms with E-state index in [0.29, 0.717) is 50.0 Å². The van der Waals surface area contributed by atoms with Crippen LogP contribution in [0.5, 0.6) is 5.75 Å². The number of pyridine rings is 1. The van der Waals surface area contributed by atoms with E-state index in [4.69, 9.17) is 43.6 Å². The molecule has 32 heavy (non-hydrogen) atoms. The van der Waals surface area contributed by atoms with E-state index in [-0.39, 0.29) is 29.5 Å². The molecule has 2 aromatic rings. The van der Waals surface area contributed by atoms with E-state index >= 15 is 0 Å². The van der Waals surface area contributed by atoms with Crippen molar-refractivity contribution >= 4 is 40.8 Å². The maximum Gasteiger partial charge on any atom is 0.387 e. The predicted octanol–water partition coefficient (Wildman–Crippen LogP) is 3.19. The molecule has 2 unspecified atom stereocenters. The molecule has 8 nitrogen and oxygen atoms in total. The first kappa shape index (κ1) is 21.7. The van der Waals surface area contributed by atoms with Gasteiger partial charge in [0.2, 0.25) is 5.95 Å². The smallest absolute Gasteiger partial charge is 0.387 e. The van der Waals surface area contributed by atoms with E-state index in [1.807, 2.05) is 13.0 Å². The van der Waals surface area contributed by atoms with Crippen LogP contribution in [0.3, 0.4) is 0 Å². The minimum absolute atomic E-state index is 0.0578. The third-order valence-corrected chi connectivity index (χ3v) is 7.26. The number of hydrogen-bond donors (Lipinski definition) is 1. The maximum absolute atomic E-state index is 12.8. The molecule has 0 bridgehead atoms. The Hall–Kier alpha value is -2.17. The van der Waals surface area contributed by atoms with Crippen LogP contribution in [-0.2, 0) is 4.74 Å². The zero-order valence-electron chi connectivity index (χ0n) is 17.2. The van der Waals surface area contributed by atoms with Crippen LogP contribution in [-0.4, -0.2) is 64.8 Å². The molecular weight excluding hydrogens is 465 g/mol. The van der Waals surface area contributed by atoms with E-state index in [0.717, 1.165) is 5.82 Å². The fraction of sp³-hybridized carbons (Fsp3) is 0.550. The number of piperidine rings is 1. The molecular formula is C20H22Cl2F2N6O2. The highest BCUT2D eigenvalue weighted by Gasteiger charge is 2.67. The first-order chi connectivity index (χ1) is 15.2. The summed E-state index contributed by atoms with van der Waals surface area (Å²) in [5.74, 6) is 1.28. The third kappa shape index (κ3) is 3.99. The summed E-state index contributed by atoms with van der Waals surface area (Å²) in [6, 6.07) is 3.22. The minimum atomic E-state index is -3.01. The number of nitrogens with two attached hydrogens (primary N) is 1. The van der Waals surface area contributed by atoms with Crippen LogP contribution in [0, 0.1) is 11.8 Å². The SMILES string of the molecule is C[C@H]1CN(c2cc(-c3cnc(N)c(OC(F)F)c3)nc(N3CC4C(C3)C4(Cl)Cl)n2)CCO1. The Morgan fingerprint density at radius 3 is 2.62 bits per heavy atom. The van der Waals surface area contributed by atoms with Gasteiger partial charge in [-0.2, -0.15) is 13.8 Å². The molecule has 3 aliphatic rings. The van der Waals surface area contributed by atoms with Crippen molar-refractivity contribution in [3.63, 3.8) is 0 Å². The number of rotatable bonds is 5. The average molecular weight is 487 g/mol. The van der Waals surface area contributed by atoms with Crippen molar-refractivity contribution in [3.8, 4) is 17.0 Å². The molecule has 12 heteroatoms. The lowest BCUT2D eigenvalue weighted by atomic mass is 10.2. The van der Waals surface area contributed by atoms with Gasteiger partial charge in [0.1, 0.15) is 10.2 Å². The first-order valence-electron chi connectivity index (χ1n) is 10.3. The quantitative estimate of drug-likeness (QED) is 0.644. The Morgan fingerprint density at radius 2 is 1.94 bits per heavy atom. The van der Waals surface area contributed by atoms with Gasteiger partial charge in [0, 0.05) is 55.8 Å². The number of fused-ring (bicyclic) bond motifs is 1. The Morgan fingerprint density at radius 1 is 1.19 bits per heavy atom. The van der Waals surface area contributed by atoms with E-state index in [1.54, 1.807) is 0 Å². The number of nitrogen functional groups attached to an aromatic ring is 1. The summed E-state index contributed by atoms with van der Waals surface area (Å²) in [5.41, 5.74) is 6.72. The number of anilines is 3. The largest absolute Gasteiger partial charge is 0.431 e. The van der Waals surface area contributed by atoms with Gasteiger partial charge in [-0.25, -0.2) is 9.97 Å². The van der Waals surface area contributed by atoms with Crippen LogP contribution in [0.4, 0.5) is 26.4 Å². The van der Waals surface area contributed by atoms with E-state index in [9.17, 15) is 8.78 Å². The van der Waals surface area contributed by atoms with Crippen molar-refractivity contribution in [1.82, 2.24) is 15.0 Å². The molecule has 1 aliphatic carbocycles.